The lowest BCUT2D eigenvalue weighted by molar-refractivity contribution is 0.136. The number of hydrogen-bond acceptors (Lipinski definition) is 4. The Balaban J connectivity index is 2.72. The van der Waals surface area contributed by atoms with Crippen molar-refractivity contribution in [2.24, 2.45) is 5.73 Å². The van der Waals surface area contributed by atoms with Gasteiger partial charge in [-0.3, -0.25) is 0 Å². The van der Waals surface area contributed by atoms with Crippen LogP contribution in [-0.4, -0.2) is 28.2 Å². The molecule has 0 spiro atoms. The first kappa shape index (κ1) is 18.0. The van der Waals surface area contributed by atoms with Gasteiger partial charge in [-0.1, -0.05) is 13.3 Å². The molecule has 0 amide bonds. The Morgan fingerprint density at radius 3 is 2.62 bits per heavy atom. The molecule has 0 fully saturated rings. The summed E-state index contributed by atoms with van der Waals surface area (Å²) in [5.41, 5.74) is 5.53. The molecule has 8 heteroatoms. The highest BCUT2D eigenvalue weighted by Crippen LogP contribution is 2.19. The zero-order chi connectivity index (χ0) is 15.9. The van der Waals surface area contributed by atoms with Gasteiger partial charge >= 0.3 is 0 Å². The summed E-state index contributed by atoms with van der Waals surface area (Å²) in [5.74, 6) is -2.65. The Labute approximate surface area is 123 Å². The van der Waals surface area contributed by atoms with E-state index in [0.29, 0.717) is 6.61 Å². The summed E-state index contributed by atoms with van der Waals surface area (Å²) >= 11 is 0. The molecule has 0 atom stereocenters. The average Bonchev–Trinajstić information content (AvgIpc) is 2.45. The van der Waals surface area contributed by atoms with E-state index in [4.69, 9.17) is 10.5 Å². The molecule has 0 aromatic heterocycles. The zero-order valence-corrected chi connectivity index (χ0v) is 12.7. The lowest BCUT2D eigenvalue weighted by Crippen LogP contribution is -2.28. The van der Waals surface area contributed by atoms with Crippen molar-refractivity contribution in [3.63, 3.8) is 0 Å². The van der Waals surface area contributed by atoms with Crippen LogP contribution in [0.2, 0.25) is 0 Å². The van der Waals surface area contributed by atoms with E-state index >= 15 is 0 Å². The minimum Gasteiger partial charge on any atom is -0.380 e. The fourth-order valence-electron chi connectivity index (χ4n) is 1.61. The molecular weight excluding hydrogens is 302 g/mol. The molecule has 0 saturated heterocycles. The van der Waals surface area contributed by atoms with Gasteiger partial charge in [-0.15, -0.1) is 0 Å². The highest BCUT2D eigenvalue weighted by molar-refractivity contribution is 7.89. The van der Waals surface area contributed by atoms with Crippen LogP contribution in [0.3, 0.4) is 0 Å². The van der Waals surface area contributed by atoms with Crippen molar-refractivity contribution < 1.29 is 21.9 Å². The third-order valence-electron chi connectivity index (χ3n) is 2.76. The first-order valence-corrected chi connectivity index (χ1v) is 8.16. The first-order valence-electron chi connectivity index (χ1n) is 6.67. The second kappa shape index (κ2) is 8.38. The Hall–Kier alpha value is -1.09. The van der Waals surface area contributed by atoms with Crippen LogP contribution in [0.1, 0.15) is 25.3 Å². The predicted octanol–water partition coefficient (Wildman–Crippen LogP) is 1.52. The summed E-state index contributed by atoms with van der Waals surface area (Å²) in [4.78, 5) is -0.739. The number of ether oxygens (including phenoxy) is 1. The molecule has 1 aromatic rings. The summed E-state index contributed by atoms with van der Waals surface area (Å²) < 4.78 is 58.2. The fourth-order valence-corrected chi connectivity index (χ4v) is 2.75. The quantitative estimate of drug-likeness (QED) is 0.675. The van der Waals surface area contributed by atoms with Crippen molar-refractivity contribution in [1.82, 2.24) is 4.72 Å². The number of halogens is 2. The number of hydrogen-bond donors (Lipinski definition) is 2. The Morgan fingerprint density at radius 1 is 1.29 bits per heavy atom. The van der Waals surface area contributed by atoms with E-state index < -0.39 is 26.6 Å². The molecule has 0 aliphatic heterocycles. The normalized spacial score (nSPS) is 11.8. The van der Waals surface area contributed by atoms with Gasteiger partial charge in [-0.25, -0.2) is 21.9 Å². The van der Waals surface area contributed by atoms with Gasteiger partial charge in [0, 0.05) is 19.7 Å². The number of nitrogens with two attached hydrogens (primary N) is 1. The summed E-state index contributed by atoms with van der Waals surface area (Å²) in [6, 6.07) is 1.90. The molecule has 0 unspecified atom stereocenters. The molecule has 0 aliphatic rings. The average molecular weight is 322 g/mol. The van der Waals surface area contributed by atoms with E-state index in [1.54, 1.807) is 0 Å². The fraction of sp³-hybridized carbons (Fsp3) is 0.538. The Kier molecular flexibility index (Phi) is 7.16. The van der Waals surface area contributed by atoms with E-state index in [2.05, 4.69) is 4.72 Å². The van der Waals surface area contributed by atoms with Crippen LogP contribution in [-0.2, 0) is 21.3 Å². The molecule has 120 valence electrons. The van der Waals surface area contributed by atoms with Crippen LogP contribution in [0.25, 0.3) is 0 Å². The van der Waals surface area contributed by atoms with Crippen molar-refractivity contribution >= 4 is 10.0 Å². The third kappa shape index (κ3) is 5.31. The molecule has 21 heavy (non-hydrogen) atoms. The molecule has 0 heterocycles. The zero-order valence-electron chi connectivity index (χ0n) is 11.9. The van der Waals surface area contributed by atoms with Crippen molar-refractivity contribution in [1.29, 1.82) is 0 Å². The van der Waals surface area contributed by atoms with E-state index in [-0.39, 0.29) is 25.3 Å². The topological polar surface area (TPSA) is 81.4 Å². The van der Waals surface area contributed by atoms with Crippen LogP contribution >= 0.6 is 0 Å². The second-order valence-corrected chi connectivity index (χ2v) is 6.19. The minimum atomic E-state index is -4.14. The maximum absolute atomic E-state index is 13.6. The summed E-state index contributed by atoms with van der Waals surface area (Å²) in [6.45, 7) is 2.61. The minimum absolute atomic E-state index is 0.0139. The van der Waals surface area contributed by atoms with E-state index in [1.165, 1.54) is 0 Å². The Morgan fingerprint density at radius 2 is 2.00 bits per heavy atom. The van der Waals surface area contributed by atoms with Crippen LogP contribution in [0.15, 0.2) is 17.0 Å². The standard InChI is InChI=1S/C13H20F2N2O3S/c1-2-3-5-20-6-4-17-21(18,19)12-8-10(9-16)7-11(14)13(12)15/h7-8,17H,2-6,9,16H2,1H3. The number of rotatable bonds is 9. The maximum atomic E-state index is 13.6. The monoisotopic (exact) mass is 322 g/mol. The van der Waals surface area contributed by atoms with Crippen molar-refractivity contribution in [2.45, 2.75) is 31.2 Å². The van der Waals surface area contributed by atoms with Crippen molar-refractivity contribution in [3.05, 3.63) is 29.3 Å². The van der Waals surface area contributed by atoms with Gasteiger partial charge in [-0.2, -0.15) is 0 Å². The van der Waals surface area contributed by atoms with Crippen molar-refractivity contribution in [3.8, 4) is 0 Å². The molecular formula is C13H20F2N2O3S. The van der Waals surface area contributed by atoms with Gasteiger partial charge in [0.15, 0.2) is 11.6 Å². The molecule has 0 aliphatic carbocycles. The predicted molar refractivity (Wildman–Crippen MR) is 75.2 cm³/mol. The lowest BCUT2D eigenvalue weighted by atomic mass is 10.2. The van der Waals surface area contributed by atoms with E-state index in [9.17, 15) is 17.2 Å². The van der Waals surface area contributed by atoms with Crippen molar-refractivity contribution in [2.75, 3.05) is 19.8 Å². The maximum Gasteiger partial charge on any atom is 0.243 e. The number of benzene rings is 1. The van der Waals surface area contributed by atoms with E-state index in [0.717, 1.165) is 25.0 Å². The highest BCUT2D eigenvalue weighted by atomic mass is 32.2. The largest absolute Gasteiger partial charge is 0.380 e. The van der Waals surface area contributed by atoms with Gasteiger partial charge in [0.25, 0.3) is 0 Å². The molecule has 0 saturated carbocycles. The van der Waals surface area contributed by atoms with Crippen LogP contribution in [0.4, 0.5) is 8.78 Å². The summed E-state index contributed by atoms with van der Waals surface area (Å²) in [6.07, 6.45) is 1.85. The van der Waals surface area contributed by atoms with Gasteiger partial charge in [0.05, 0.1) is 6.61 Å². The lowest BCUT2D eigenvalue weighted by Gasteiger charge is -2.10. The third-order valence-corrected chi connectivity index (χ3v) is 4.22. The summed E-state index contributed by atoms with van der Waals surface area (Å²) in [7, 11) is -4.14. The number of nitrogens with one attached hydrogen (secondary N) is 1. The van der Waals surface area contributed by atoms with E-state index in [1.807, 2.05) is 6.92 Å². The van der Waals surface area contributed by atoms with Crippen LogP contribution in [0, 0.1) is 11.6 Å². The highest BCUT2D eigenvalue weighted by Gasteiger charge is 2.22. The molecule has 1 aromatic carbocycles. The molecule has 0 bridgehead atoms. The number of sulfonamides is 1. The SMILES string of the molecule is CCCCOCCNS(=O)(=O)c1cc(CN)cc(F)c1F. The molecule has 5 nitrogen and oxygen atoms in total. The molecule has 0 radical (unpaired) electrons. The first-order chi connectivity index (χ1) is 9.92. The van der Waals surface area contributed by atoms with Gasteiger partial charge in [-0.05, 0) is 24.1 Å². The number of unbranched alkanes of at least 4 members (excludes halogenated alkanes) is 1. The summed E-state index contributed by atoms with van der Waals surface area (Å²) in [5, 5.41) is 0. The van der Waals surface area contributed by atoms with Gasteiger partial charge in [0.1, 0.15) is 4.90 Å². The Bertz CT molecular complexity index is 565. The smallest absolute Gasteiger partial charge is 0.243 e. The molecule has 1 rings (SSSR count). The van der Waals surface area contributed by atoms with Gasteiger partial charge in [0.2, 0.25) is 10.0 Å². The van der Waals surface area contributed by atoms with Crippen LogP contribution in [0.5, 0.6) is 0 Å². The van der Waals surface area contributed by atoms with Crippen LogP contribution < -0.4 is 10.5 Å². The molecule has 3 N–H and O–H groups in total. The second-order valence-electron chi connectivity index (χ2n) is 4.46. The van der Waals surface area contributed by atoms with Gasteiger partial charge < -0.3 is 10.5 Å².